The SMILES string of the molecule is CCCN(CC(=O)NC)C(=O)c1ccnc(N2CCCC[C@@H]2C)c1. The lowest BCUT2D eigenvalue weighted by Gasteiger charge is -2.34. The maximum Gasteiger partial charge on any atom is 0.254 e. The zero-order chi connectivity index (χ0) is 17.5. The van der Waals surface area contributed by atoms with Gasteiger partial charge in [0.2, 0.25) is 5.91 Å². The van der Waals surface area contributed by atoms with Crippen molar-refractivity contribution in [2.75, 3.05) is 31.6 Å². The molecule has 24 heavy (non-hydrogen) atoms. The molecule has 132 valence electrons. The van der Waals surface area contributed by atoms with Crippen molar-refractivity contribution in [1.29, 1.82) is 0 Å². The normalized spacial score (nSPS) is 17.5. The zero-order valence-corrected chi connectivity index (χ0v) is 14.9. The number of hydrogen-bond acceptors (Lipinski definition) is 4. The minimum atomic E-state index is -0.157. The number of anilines is 1. The molecule has 0 aliphatic carbocycles. The van der Waals surface area contributed by atoms with Crippen LogP contribution >= 0.6 is 0 Å². The molecular formula is C18H28N4O2. The Morgan fingerprint density at radius 2 is 2.21 bits per heavy atom. The molecule has 6 nitrogen and oxygen atoms in total. The summed E-state index contributed by atoms with van der Waals surface area (Å²) in [5.74, 6) is 0.578. The van der Waals surface area contributed by atoms with Crippen LogP contribution in [0.3, 0.4) is 0 Å². The van der Waals surface area contributed by atoms with E-state index in [4.69, 9.17) is 0 Å². The van der Waals surface area contributed by atoms with E-state index in [0.29, 0.717) is 18.2 Å². The fourth-order valence-corrected chi connectivity index (χ4v) is 3.10. The van der Waals surface area contributed by atoms with Crippen LogP contribution < -0.4 is 10.2 Å². The minimum absolute atomic E-state index is 0.0843. The van der Waals surface area contributed by atoms with Crippen molar-refractivity contribution in [1.82, 2.24) is 15.2 Å². The fourth-order valence-electron chi connectivity index (χ4n) is 3.10. The molecule has 1 aromatic rings. The van der Waals surface area contributed by atoms with Crippen molar-refractivity contribution in [3.8, 4) is 0 Å². The molecule has 2 rings (SSSR count). The van der Waals surface area contributed by atoms with Gasteiger partial charge in [-0.05, 0) is 44.7 Å². The first kappa shape index (κ1) is 18.2. The average Bonchev–Trinajstić information content (AvgIpc) is 2.61. The molecule has 1 aromatic heterocycles. The van der Waals surface area contributed by atoms with Gasteiger partial charge in [0.05, 0.1) is 6.54 Å². The van der Waals surface area contributed by atoms with Gasteiger partial charge >= 0.3 is 0 Å². The molecule has 1 aliphatic rings. The summed E-state index contributed by atoms with van der Waals surface area (Å²) in [5.41, 5.74) is 0.593. The van der Waals surface area contributed by atoms with Crippen LogP contribution in [0.5, 0.6) is 0 Å². The Bertz CT molecular complexity index is 576. The van der Waals surface area contributed by atoms with Gasteiger partial charge in [-0.25, -0.2) is 4.98 Å². The van der Waals surface area contributed by atoms with E-state index in [1.807, 2.05) is 13.0 Å². The quantitative estimate of drug-likeness (QED) is 0.866. The number of piperidine rings is 1. The standard InChI is InChI=1S/C18H28N4O2/c1-4-10-21(13-17(23)19-3)18(24)15-8-9-20-16(12-15)22-11-6-5-7-14(22)2/h8-9,12,14H,4-7,10-11,13H2,1-3H3,(H,19,23)/t14-/m0/s1. The largest absolute Gasteiger partial charge is 0.358 e. The number of nitrogens with one attached hydrogen (secondary N) is 1. The Morgan fingerprint density at radius 3 is 2.88 bits per heavy atom. The summed E-state index contributed by atoms with van der Waals surface area (Å²) >= 11 is 0. The number of rotatable bonds is 6. The summed E-state index contributed by atoms with van der Waals surface area (Å²) in [7, 11) is 1.58. The highest BCUT2D eigenvalue weighted by atomic mass is 16.2. The van der Waals surface area contributed by atoms with E-state index in [0.717, 1.165) is 31.6 Å². The van der Waals surface area contributed by atoms with Gasteiger partial charge < -0.3 is 15.1 Å². The van der Waals surface area contributed by atoms with Crippen LogP contribution in [0.25, 0.3) is 0 Å². The molecule has 1 fully saturated rings. The fraction of sp³-hybridized carbons (Fsp3) is 0.611. The van der Waals surface area contributed by atoms with Crippen molar-refractivity contribution >= 4 is 17.6 Å². The van der Waals surface area contributed by atoms with E-state index in [9.17, 15) is 9.59 Å². The maximum atomic E-state index is 12.8. The topological polar surface area (TPSA) is 65.5 Å². The molecule has 0 aromatic carbocycles. The maximum absolute atomic E-state index is 12.8. The van der Waals surface area contributed by atoms with Gasteiger partial charge in [-0.2, -0.15) is 0 Å². The lowest BCUT2D eigenvalue weighted by molar-refractivity contribution is -0.121. The molecular weight excluding hydrogens is 304 g/mol. The van der Waals surface area contributed by atoms with Gasteiger partial charge in [-0.15, -0.1) is 0 Å². The number of hydrogen-bond donors (Lipinski definition) is 1. The summed E-state index contributed by atoms with van der Waals surface area (Å²) in [6, 6.07) is 4.03. The summed E-state index contributed by atoms with van der Waals surface area (Å²) in [4.78, 5) is 32.8. The lowest BCUT2D eigenvalue weighted by Crippen LogP contribution is -2.40. The summed E-state index contributed by atoms with van der Waals surface area (Å²) in [6.45, 7) is 5.82. The van der Waals surface area contributed by atoms with Crippen LogP contribution in [-0.4, -0.2) is 54.4 Å². The first-order valence-electron chi connectivity index (χ1n) is 8.79. The Kier molecular flexibility index (Phi) is 6.58. The second-order valence-electron chi connectivity index (χ2n) is 6.34. The summed E-state index contributed by atoms with van der Waals surface area (Å²) in [6.07, 6.45) is 6.05. The van der Waals surface area contributed by atoms with Crippen molar-refractivity contribution in [2.45, 2.75) is 45.6 Å². The Hall–Kier alpha value is -2.11. The molecule has 1 aliphatic heterocycles. The predicted molar refractivity (Wildman–Crippen MR) is 95.2 cm³/mol. The molecule has 2 amide bonds. The molecule has 2 heterocycles. The first-order chi connectivity index (χ1) is 11.6. The number of pyridine rings is 1. The zero-order valence-electron chi connectivity index (χ0n) is 14.9. The second-order valence-corrected chi connectivity index (χ2v) is 6.34. The predicted octanol–water partition coefficient (Wildman–Crippen LogP) is 2.06. The Morgan fingerprint density at radius 1 is 1.42 bits per heavy atom. The van der Waals surface area contributed by atoms with Crippen molar-refractivity contribution in [3.05, 3.63) is 23.9 Å². The number of aromatic nitrogens is 1. The van der Waals surface area contributed by atoms with Crippen LogP contribution in [-0.2, 0) is 4.79 Å². The number of carbonyl (C=O) groups excluding carboxylic acids is 2. The van der Waals surface area contributed by atoms with Crippen LogP contribution in [0.2, 0.25) is 0 Å². The van der Waals surface area contributed by atoms with E-state index >= 15 is 0 Å². The van der Waals surface area contributed by atoms with Crippen molar-refractivity contribution in [3.63, 3.8) is 0 Å². The van der Waals surface area contributed by atoms with E-state index in [1.165, 1.54) is 6.42 Å². The molecule has 1 saturated heterocycles. The molecule has 0 unspecified atom stereocenters. The molecule has 6 heteroatoms. The van der Waals surface area contributed by atoms with Crippen LogP contribution in [0.1, 0.15) is 49.9 Å². The molecule has 0 spiro atoms. The van der Waals surface area contributed by atoms with E-state index < -0.39 is 0 Å². The molecule has 1 atom stereocenters. The van der Waals surface area contributed by atoms with Gasteiger partial charge in [0.25, 0.3) is 5.91 Å². The smallest absolute Gasteiger partial charge is 0.254 e. The van der Waals surface area contributed by atoms with Gasteiger partial charge in [0.15, 0.2) is 0 Å². The van der Waals surface area contributed by atoms with Crippen molar-refractivity contribution in [2.24, 2.45) is 0 Å². The highest BCUT2D eigenvalue weighted by Gasteiger charge is 2.22. The monoisotopic (exact) mass is 332 g/mol. The third-order valence-electron chi connectivity index (χ3n) is 4.48. The summed E-state index contributed by atoms with van der Waals surface area (Å²) in [5, 5.41) is 2.58. The summed E-state index contributed by atoms with van der Waals surface area (Å²) < 4.78 is 0. The third kappa shape index (κ3) is 4.46. The Labute approximate surface area is 144 Å². The van der Waals surface area contributed by atoms with E-state index in [1.54, 1.807) is 24.2 Å². The van der Waals surface area contributed by atoms with Crippen molar-refractivity contribution < 1.29 is 9.59 Å². The first-order valence-corrected chi connectivity index (χ1v) is 8.79. The Balaban J connectivity index is 2.18. The molecule has 0 saturated carbocycles. The highest BCUT2D eigenvalue weighted by Crippen LogP contribution is 2.23. The molecule has 0 radical (unpaired) electrons. The van der Waals surface area contributed by atoms with Gasteiger partial charge in [0.1, 0.15) is 5.82 Å². The molecule has 1 N–H and O–H groups in total. The highest BCUT2D eigenvalue weighted by molar-refractivity contribution is 5.97. The van der Waals surface area contributed by atoms with Crippen LogP contribution in [0.4, 0.5) is 5.82 Å². The molecule has 0 bridgehead atoms. The van der Waals surface area contributed by atoms with Gasteiger partial charge in [0, 0.05) is 37.9 Å². The number of amides is 2. The minimum Gasteiger partial charge on any atom is -0.358 e. The van der Waals surface area contributed by atoms with E-state index in [-0.39, 0.29) is 18.4 Å². The lowest BCUT2D eigenvalue weighted by atomic mass is 10.0. The number of likely N-dealkylation sites (N-methyl/N-ethyl adjacent to an activating group) is 1. The second kappa shape index (κ2) is 8.66. The van der Waals surface area contributed by atoms with E-state index in [2.05, 4.69) is 22.1 Å². The number of nitrogens with zero attached hydrogens (tertiary/aromatic N) is 3. The van der Waals surface area contributed by atoms with Crippen LogP contribution in [0, 0.1) is 0 Å². The number of carbonyl (C=O) groups is 2. The van der Waals surface area contributed by atoms with Gasteiger partial charge in [-0.1, -0.05) is 6.92 Å². The average molecular weight is 332 g/mol. The third-order valence-corrected chi connectivity index (χ3v) is 4.48. The van der Waals surface area contributed by atoms with Gasteiger partial charge in [-0.3, -0.25) is 9.59 Å². The van der Waals surface area contributed by atoms with Crippen LogP contribution in [0.15, 0.2) is 18.3 Å².